The van der Waals surface area contributed by atoms with Gasteiger partial charge in [0.15, 0.2) is 0 Å². The summed E-state index contributed by atoms with van der Waals surface area (Å²) >= 11 is 0. The van der Waals surface area contributed by atoms with Crippen molar-refractivity contribution in [1.82, 2.24) is 0 Å². The third-order valence-corrected chi connectivity index (χ3v) is 7.65. The Kier molecular flexibility index (Phi) is 5.39. The first-order chi connectivity index (χ1) is 18.3. The summed E-state index contributed by atoms with van der Waals surface area (Å²) < 4.78 is 11.3. The highest BCUT2D eigenvalue weighted by Crippen LogP contribution is 2.58. The largest absolute Gasteiger partial charge is 0.462 e. The van der Waals surface area contributed by atoms with Crippen LogP contribution in [-0.4, -0.2) is 41.6 Å². The maximum absolute atomic E-state index is 14.0. The number of aryl methyl sites for hydroxylation is 1. The topological polar surface area (TPSA) is 107 Å². The van der Waals surface area contributed by atoms with Gasteiger partial charge in [-0.05, 0) is 49.2 Å². The Labute approximate surface area is 218 Å². The highest BCUT2D eigenvalue weighted by molar-refractivity contribution is 6.37. The predicted octanol–water partition coefficient (Wildman–Crippen LogP) is 3.87. The van der Waals surface area contributed by atoms with Crippen molar-refractivity contribution in [3.63, 3.8) is 0 Å². The molecule has 2 heterocycles. The van der Waals surface area contributed by atoms with Gasteiger partial charge in [-0.15, -0.1) is 0 Å². The molecule has 2 fully saturated rings. The zero-order valence-electron chi connectivity index (χ0n) is 20.7. The number of anilines is 1. The van der Waals surface area contributed by atoms with Gasteiger partial charge in [0.25, 0.3) is 0 Å². The van der Waals surface area contributed by atoms with Crippen LogP contribution in [0.4, 0.5) is 5.69 Å². The second-order valence-electron chi connectivity index (χ2n) is 9.62. The number of hydrogen-bond acceptors (Lipinski definition) is 7. The van der Waals surface area contributed by atoms with Crippen LogP contribution in [-0.2, 0) is 19.1 Å². The quantitative estimate of drug-likeness (QED) is 0.299. The van der Waals surface area contributed by atoms with Crippen LogP contribution in [0.2, 0.25) is 0 Å². The summed E-state index contributed by atoms with van der Waals surface area (Å²) in [5.41, 5.74) is 0.171. The lowest BCUT2D eigenvalue weighted by Crippen LogP contribution is -2.51. The Morgan fingerprint density at radius 2 is 1.47 bits per heavy atom. The summed E-state index contributed by atoms with van der Waals surface area (Å²) in [4.78, 5) is 68.7. The minimum atomic E-state index is -2.13. The SMILES string of the molecule is CCOC(=O)c1ccc(N2C(=O)C3C(c4ccccc4C)OC4(C(=O)c5ccccc5C4=O)C3C2=O)cc1. The summed E-state index contributed by atoms with van der Waals surface area (Å²) in [7, 11) is 0. The second kappa shape index (κ2) is 8.56. The molecule has 2 aliphatic heterocycles. The number of imide groups is 1. The maximum atomic E-state index is 14.0. The highest BCUT2D eigenvalue weighted by atomic mass is 16.5. The lowest BCUT2D eigenvalue weighted by atomic mass is 9.77. The number of carbonyl (C=O) groups is 5. The van der Waals surface area contributed by atoms with Gasteiger partial charge in [0.2, 0.25) is 29.0 Å². The molecule has 190 valence electrons. The molecule has 6 rings (SSSR count). The van der Waals surface area contributed by atoms with Crippen LogP contribution < -0.4 is 4.90 Å². The van der Waals surface area contributed by atoms with E-state index in [0.29, 0.717) is 5.56 Å². The Bertz CT molecular complexity index is 1510. The van der Waals surface area contributed by atoms with Gasteiger partial charge in [0.1, 0.15) is 0 Å². The van der Waals surface area contributed by atoms with E-state index in [9.17, 15) is 24.0 Å². The maximum Gasteiger partial charge on any atom is 0.338 e. The molecule has 2 amide bonds. The van der Waals surface area contributed by atoms with E-state index in [1.165, 1.54) is 36.4 Å². The minimum absolute atomic E-state index is 0.180. The molecule has 0 N–H and O–H groups in total. The Morgan fingerprint density at radius 3 is 2.08 bits per heavy atom. The van der Waals surface area contributed by atoms with Crippen molar-refractivity contribution in [3.05, 3.63) is 101 Å². The third-order valence-electron chi connectivity index (χ3n) is 7.65. The number of nitrogens with zero attached hydrogens (tertiary/aromatic N) is 1. The summed E-state index contributed by atoms with van der Waals surface area (Å²) in [5.74, 6) is -5.41. The first kappa shape index (κ1) is 23.9. The molecule has 2 saturated heterocycles. The number of hydrogen-bond donors (Lipinski definition) is 0. The highest BCUT2D eigenvalue weighted by Gasteiger charge is 2.74. The van der Waals surface area contributed by atoms with Crippen molar-refractivity contribution in [2.24, 2.45) is 11.8 Å². The molecule has 0 radical (unpaired) electrons. The number of fused-ring (bicyclic) bond motifs is 3. The van der Waals surface area contributed by atoms with Crippen LogP contribution in [0, 0.1) is 18.8 Å². The summed E-state index contributed by atoms with van der Waals surface area (Å²) in [6.07, 6.45) is -0.983. The van der Waals surface area contributed by atoms with E-state index in [4.69, 9.17) is 9.47 Å². The number of amides is 2. The molecule has 3 atom stereocenters. The monoisotopic (exact) mass is 509 g/mol. The standard InChI is InChI=1S/C30H23NO7/c1-3-37-29(36)17-12-14-18(15-13-17)31-27(34)22-23(28(31)35)30(38-24(22)19-9-5-4-8-16(19)2)25(32)20-10-6-7-11-21(20)26(30)33/h4-15,22-24H,3H2,1-2H3. The fourth-order valence-corrected chi connectivity index (χ4v) is 5.92. The van der Waals surface area contributed by atoms with Crippen LogP contribution in [0.5, 0.6) is 0 Å². The smallest absolute Gasteiger partial charge is 0.338 e. The average molecular weight is 510 g/mol. The molecule has 3 aromatic rings. The van der Waals surface area contributed by atoms with E-state index >= 15 is 0 Å². The zero-order valence-corrected chi connectivity index (χ0v) is 20.7. The van der Waals surface area contributed by atoms with Crippen LogP contribution in [0.1, 0.15) is 55.2 Å². The lowest BCUT2D eigenvalue weighted by molar-refractivity contribution is -0.127. The Hall–Kier alpha value is -4.43. The molecular formula is C30H23NO7. The second-order valence-corrected chi connectivity index (χ2v) is 9.62. The Balaban J connectivity index is 1.48. The van der Waals surface area contributed by atoms with Gasteiger partial charge in [-0.3, -0.25) is 19.2 Å². The molecule has 3 unspecified atom stereocenters. The van der Waals surface area contributed by atoms with Crippen molar-refractivity contribution >= 4 is 35.0 Å². The van der Waals surface area contributed by atoms with Gasteiger partial charge in [0.05, 0.1) is 35.8 Å². The molecule has 1 aliphatic carbocycles. The molecule has 0 aromatic heterocycles. The first-order valence-electron chi connectivity index (χ1n) is 12.4. The van der Waals surface area contributed by atoms with Crippen molar-refractivity contribution in [2.45, 2.75) is 25.6 Å². The average Bonchev–Trinajstić information content (AvgIpc) is 3.49. The van der Waals surface area contributed by atoms with Crippen molar-refractivity contribution in [2.75, 3.05) is 11.5 Å². The molecule has 0 saturated carbocycles. The molecule has 8 nitrogen and oxygen atoms in total. The van der Waals surface area contributed by atoms with Gasteiger partial charge in [-0.2, -0.15) is 0 Å². The first-order valence-corrected chi connectivity index (χ1v) is 12.4. The van der Waals surface area contributed by atoms with Gasteiger partial charge in [-0.1, -0.05) is 48.5 Å². The van der Waals surface area contributed by atoms with E-state index in [1.807, 2.05) is 19.1 Å². The predicted molar refractivity (Wildman–Crippen MR) is 135 cm³/mol. The number of ether oxygens (including phenoxy) is 2. The van der Waals surface area contributed by atoms with E-state index in [2.05, 4.69) is 0 Å². The van der Waals surface area contributed by atoms with Gasteiger partial charge in [-0.25, -0.2) is 9.69 Å². The van der Waals surface area contributed by atoms with E-state index < -0.39 is 52.9 Å². The van der Waals surface area contributed by atoms with Crippen molar-refractivity contribution in [3.8, 4) is 0 Å². The molecule has 3 aliphatic rings. The number of benzene rings is 3. The van der Waals surface area contributed by atoms with Crippen molar-refractivity contribution < 1.29 is 33.4 Å². The molecular weight excluding hydrogens is 486 g/mol. The summed E-state index contributed by atoms with van der Waals surface area (Å²) in [6.45, 7) is 3.75. The van der Waals surface area contributed by atoms with Gasteiger partial charge in [0, 0.05) is 11.1 Å². The number of esters is 1. The van der Waals surface area contributed by atoms with Crippen molar-refractivity contribution in [1.29, 1.82) is 0 Å². The van der Waals surface area contributed by atoms with E-state index in [1.54, 1.807) is 31.2 Å². The normalized spacial score (nSPS) is 23.2. The number of rotatable bonds is 4. The fourth-order valence-electron chi connectivity index (χ4n) is 5.92. The lowest BCUT2D eigenvalue weighted by Gasteiger charge is -2.27. The van der Waals surface area contributed by atoms with Crippen LogP contribution in [0.15, 0.2) is 72.8 Å². The molecule has 1 spiro atoms. The van der Waals surface area contributed by atoms with Crippen LogP contribution >= 0.6 is 0 Å². The fraction of sp³-hybridized carbons (Fsp3) is 0.233. The van der Waals surface area contributed by atoms with Crippen LogP contribution in [0.3, 0.4) is 0 Å². The van der Waals surface area contributed by atoms with E-state index in [-0.39, 0.29) is 29.0 Å². The number of carbonyl (C=O) groups excluding carboxylic acids is 5. The minimum Gasteiger partial charge on any atom is -0.462 e. The molecule has 38 heavy (non-hydrogen) atoms. The van der Waals surface area contributed by atoms with E-state index in [0.717, 1.165) is 10.5 Å². The zero-order chi connectivity index (χ0) is 26.8. The van der Waals surface area contributed by atoms with Gasteiger partial charge < -0.3 is 9.47 Å². The number of ketones is 2. The third kappa shape index (κ3) is 3.10. The molecule has 8 heteroatoms. The Morgan fingerprint density at radius 1 is 0.868 bits per heavy atom. The van der Waals surface area contributed by atoms with Crippen LogP contribution in [0.25, 0.3) is 0 Å². The van der Waals surface area contributed by atoms with Gasteiger partial charge >= 0.3 is 5.97 Å². The number of Topliss-reactive ketones (excluding diaryl/α,β-unsaturated/α-hetero) is 2. The summed E-state index contributed by atoms with van der Waals surface area (Å²) in [6, 6.07) is 19.5. The molecule has 0 bridgehead atoms. The molecule has 3 aromatic carbocycles. The summed E-state index contributed by atoms with van der Waals surface area (Å²) in [5, 5.41) is 0.